The number of rotatable bonds is 4. The lowest BCUT2D eigenvalue weighted by Gasteiger charge is -2.35. The minimum atomic E-state index is -1.24. The average Bonchev–Trinajstić information content (AvgIpc) is 3.01. The fourth-order valence-electron chi connectivity index (χ4n) is 3.69. The van der Waals surface area contributed by atoms with Crippen LogP contribution in [0.1, 0.15) is 24.8 Å². The maximum absolute atomic E-state index is 13.1. The number of hydrogen-bond acceptors (Lipinski definition) is 4. The normalized spacial score (nSPS) is 26.5. The average molecular weight is 353 g/mol. The predicted molar refractivity (Wildman–Crippen MR) is 92.3 cm³/mol. The van der Waals surface area contributed by atoms with Crippen molar-refractivity contribution in [2.75, 3.05) is 31.2 Å². The van der Waals surface area contributed by atoms with Crippen molar-refractivity contribution in [2.45, 2.75) is 31.3 Å². The van der Waals surface area contributed by atoms with Crippen LogP contribution in [-0.4, -0.2) is 57.8 Å². The first-order chi connectivity index (χ1) is 11.5. The first kappa shape index (κ1) is 17.7. The lowest BCUT2D eigenvalue weighted by Crippen LogP contribution is -2.51. The number of aliphatic hydroxyl groups excluding tert-OH is 1. The number of amides is 1. The molecule has 0 radical (unpaired) electrons. The summed E-state index contributed by atoms with van der Waals surface area (Å²) >= 11 is 1.76. The highest BCUT2D eigenvalue weighted by Crippen LogP contribution is 2.37. The van der Waals surface area contributed by atoms with Gasteiger partial charge in [-0.25, -0.2) is 4.39 Å². The van der Waals surface area contributed by atoms with Crippen molar-refractivity contribution in [1.82, 2.24) is 4.90 Å². The van der Waals surface area contributed by atoms with Crippen LogP contribution in [0, 0.1) is 11.2 Å². The summed E-state index contributed by atoms with van der Waals surface area (Å²) < 4.78 is 13.1. The van der Waals surface area contributed by atoms with Crippen LogP contribution in [-0.2, 0) is 11.2 Å². The Balaban J connectivity index is 1.69. The van der Waals surface area contributed by atoms with E-state index in [1.54, 1.807) is 28.8 Å². The maximum atomic E-state index is 13.1. The SMILES string of the molecule is O=C(N1CCC(CO)(Cc2ccc(F)cc2)C1)C1(O)CCSCC1. The molecular weight excluding hydrogens is 329 g/mol. The number of hydrogen-bond donors (Lipinski definition) is 2. The molecule has 1 atom stereocenters. The van der Waals surface area contributed by atoms with Crippen LogP contribution in [0.2, 0.25) is 0 Å². The second-order valence-corrected chi connectivity index (χ2v) is 8.31. The van der Waals surface area contributed by atoms with Crippen LogP contribution in [0.3, 0.4) is 0 Å². The van der Waals surface area contributed by atoms with E-state index in [1.165, 1.54) is 12.1 Å². The van der Waals surface area contributed by atoms with Crippen molar-refractivity contribution in [2.24, 2.45) is 5.41 Å². The highest BCUT2D eigenvalue weighted by Gasteiger charge is 2.46. The van der Waals surface area contributed by atoms with Crippen LogP contribution < -0.4 is 0 Å². The minimum Gasteiger partial charge on any atom is -0.396 e. The molecule has 2 N–H and O–H groups in total. The number of likely N-dealkylation sites (tertiary alicyclic amines) is 1. The molecule has 132 valence electrons. The van der Waals surface area contributed by atoms with E-state index < -0.39 is 11.0 Å². The quantitative estimate of drug-likeness (QED) is 0.867. The van der Waals surface area contributed by atoms with Crippen molar-refractivity contribution in [3.63, 3.8) is 0 Å². The highest BCUT2D eigenvalue weighted by atomic mass is 32.2. The Morgan fingerprint density at radius 2 is 1.88 bits per heavy atom. The lowest BCUT2D eigenvalue weighted by atomic mass is 9.81. The van der Waals surface area contributed by atoms with E-state index >= 15 is 0 Å². The molecule has 1 aromatic carbocycles. The summed E-state index contributed by atoms with van der Waals surface area (Å²) in [6.45, 7) is 0.966. The molecule has 24 heavy (non-hydrogen) atoms. The Kier molecular flexibility index (Phi) is 5.18. The van der Waals surface area contributed by atoms with E-state index in [1.807, 2.05) is 0 Å². The van der Waals surface area contributed by atoms with Gasteiger partial charge in [-0.2, -0.15) is 11.8 Å². The first-order valence-electron chi connectivity index (χ1n) is 8.41. The molecule has 2 aliphatic rings. The lowest BCUT2D eigenvalue weighted by molar-refractivity contribution is -0.151. The molecule has 0 saturated carbocycles. The molecule has 0 bridgehead atoms. The van der Waals surface area contributed by atoms with Crippen LogP contribution in [0.15, 0.2) is 24.3 Å². The topological polar surface area (TPSA) is 60.8 Å². The number of halogens is 1. The Morgan fingerprint density at radius 3 is 2.50 bits per heavy atom. The third-order valence-corrected chi connectivity index (χ3v) is 6.26. The molecule has 1 aromatic rings. The van der Waals surface area contributed by atoms with E-state index in [4.69, 9.17) is 0 Å². The van der Waals surface area contributed by atoms with Gasteiger partial charge in [0.15, 0.2) is 0 Å². The number of thioether (sulfide) groups is 1. The third kappa shape index (κ3) is 3.60. The van der Waals surface area contributed by atoms with E-state index in [2.05, 4.69) is 0 Å². The van der Waals surface area contributed by atoms with Gasteiger partial charge < -0.3 is 15.1 Å². The van der Waals surface area contributed by atoms with E-state index in [0.717, 1.165) is 17.1 Å². The van der Waals surface area contributed by atoms with Gasteiger partial charge in [0, 0.05) is 18.5 Å². The Hall–Kier alpha value is -1.11. The van der Waals surface area contributed by atoms with Gasteiger partial charge in [-0.15, -0.1) is 0 Å². The summed E-state index contributed by atoms with van der Waals surface area (Å²) in [5.74, 6) is 1.13. The zero-order chi connectivity index (χ0) is 17.2. The van der Waals surface area contributed by atoms with Gasteiger partial charge >= 0.3 is 0 Å². The number of nitrogens with zero attached hydrogens (tertiary/aromatic N) is 1. The molecule has 2 aliphatic heterocycles. The minimum absolute atomic E-state index is 0.0254. The van der Waals surface area contributed by atoms with E-state index in [0.29, 0.717) is 38.8 Å². The van der Waals surface area contributed by atoms with Gasteiger partial charge in [-0.3, -0.25) is 4.79 Å². The molecule has 4 nitrogen and oxygen atoms in total. The molecule has 2 fully saturated rings. The molecular formula is C18H24FNO3S. The van der Waals surface area contributed by atoms with Gasteiger partial charge in [-0.1, -0.05) is 12.1 Å². The summed E-state index contributed by atoms with van der Waals surface area (Å²) in [7, 11) is 0. The van der Waals surface area contributed by atoms with Crippen LogP contribution in [0.4, 0.5) is 4.39 Å². The molecule has 0 spiro atoms. The van der Waals surface area contributed by atoms with Crippen LogP contribution in [0.5, 0.6) is 0 Å². The van der Waals surface area contributed by atoms with Crippen molar-refractivity contribution in [3.05, 3.63) is 35.6 Å². The zero-order valence-electron chi connectivity index (χ0n) is 13.7. The zero-order valence-corrected chi connectivity index (χ0v) is 14.5. The molecule has 2 saturated heterocycles. The highest BCUT2D eigenvalue weighted by molar-refractivity contribution is 7.99. The van der Waals surface area contributed by atoms with Crippen LogP contribution in [0.25, 0.3) is 0 Å². The fraction of sp³-hybridized carbons (Fsp3) is 0.611. The number of aliphatic hydroxyl groups is 2. The standard InChI is InChI=1S/C18H24FNO3S/c19-15-3-1-14(2-4-15)11-17(13-21)5-8-20(12-17)16(22)18(23)6-9-24-10-7-18/h1-4,21,23H,5-13H2. The van der Waals surface area contributed by atoms with Crippen molar-refractivity contribution < 1.29 is 19.4 Å². The van der Waals surface area contributed by atoms with Crippen molar-refractivity contribution >= 4 is 17.7 Å². The van der Waals surface area contributed by atoms with Gasteiger partial charge in [0.05, 0.1) is 6.61 Å². The summed E-state index contributed by atoms with van der Waals surface area (Å²) in [5.41, 5.74) is -0.701. The Labute approximate surface area is 146 Å². The number of benzene rings is 1. The summed E-state index contributed by atoms with van der Waals surface area (Å²) in [4.78, 5) is 14.5. The summed E-state index contributed by atoms with van der Waals surface area (Å²) in [5, 5.41) is 20.6. The predicted octanol–water partition coefficient (Wildman–Crippen LogP) is 1.84. The third-order valence-electron chi connectivity index (χ3n) is 5.27. The largest absolute Gasteiger partial charge is 0.396 e. The molecule has 3 rings (SSSR count). The Morgan fingerprint density at radius 1 is 1.21 bits per heavy atom. The number of carbonyl (C=O) groups is 1. The monoisotopic (exact) mass is 353 g/mol. The van der Waals surface area contributed by atoms with E-state index in [-0.39, 0.29) is 18.3 Å². The van der Waals surface area contributed by atoms with Crippen molar-refractivity contribution in [3.8, 4) is 0 Å². The second kappa shape index (κ2) is 7.02. The fourth-order valence-corrected chi connectivity index (χ4v) is 4.86. The molecule has 6 heteroatoms. The summed E-state index contributed by atoms with van der Waals surface area (Å²) in [6, 6.07) is 6.29. The van der Waals surface area contributed by atoms with Gasteiger partial charge in [0.1, 0.15) is 11.4 Å². The molecule has 2 heterocycles. The molecule has 1 unspecified atom stereocenters. The van der Waals surface area contributed by atoms with Gasteiger partial charge in [-0.05, 0) is 54.9 Å². The second-order valence-electron chi connectivity index (χ2n) is 7.08. The molecule has 0 aromatic heterocycles. The molecule has 1 amide bonds. The van der Waals surface area contributed by atoms with Gasteiger partial charge in [0.2, 0.25) is 0 Å². The number of carbonyl (C=O) groups excluding carboxylic acids is 1. The van der Waals surface area contributed by atoms with E-state index in [9.17, 15) is 19.4 Å². The van der Waals surface area contributed by atoms with Gasteiger partial charge in [0.25, 0.3) is 5.91 Å². The van der Waals surface area contributed by atoms with Crippen LogP contribution >= 0.6 is 11.8 Å². The molecule has 0 aliphatic carbocycles. The maximum Gasteiger partial charge on any atom is 0.254 e. The smallest absolute Gasteiger partial charge is 0.254 e. The van der Waals surface area contributed by atoms with Crippen molar-refractivity contribution in [1.29, 1.82) is 0 Å². The Bertz CT molecular complexity index is 588. The first-order valence-corrected chi connectivity index (χ1v) is 9.57. The summed E-state index contributed by atoms with van der Waals surface area (Å²) in [6.07, 6.45) is 2.29.